The van der Waals surface area contributed by atoms with Gasteiger partial charge in [-0.25, -0.2) is 21.6 Å². The Morgan fingerprint density at radius 2 is 1.62 bits per heavy atom. The molecule has 2 aromatic rings. The molecule has 2 aromatic carbocycles. The maximum atomic E-state index is 13.6. The van der Waals surface area contributed by atoms with Crippen LogP contribution in [-0.4, -0.2) is 66.0 Å². The highest BCUT2D eigenvalue weighted by Gasteiger charge is 2.45. The van der Waals surface area contributed by atoms with E-state index in [0.29, 0.717) is 6.07 Å². The second-order valence-corrected chi connectivity index (χ2v) is 9.55. The first kappa shape index (κ1) is 25.2. The maximum Gasteiger partial charge on any atom is 0.305 e. The van der Waals surface area contributed by atoms with Crippen LogP contribution in [0, 0.1) is 17.5 Å². The summed E-state index contributed by atoms with van der Waals surface area (Å²) < 4.78 is 65.8. The molecule has 2 unspecified atom stereocenters. The fourth-order valence-corrected chi connectivity index (χ4v) is 4.64. The average molecular weight is 499 g/mol. The van der Waals surface area contributed by atoms with Crippen molar-refractivity contribution in [2.24, 2.45) is 0 Å². The minimum atomic E-state index is -4.03. The number of hydrogen-bond donors (Lipinski definition) is 2. The molecule has 1 fully saturated rings. The van der Waals surface area contributed by atoms with Crippen molar-refractivity contribution in [2.45, 2.75) is 18.6 Å². The Bertz CT molecular complexity index is 1200. The lowest BCUT2D eigenvalue weighted by Crippen LogP contribution is -2.54. The molecule has 182 valence electrons. The molecule has 9 nitrogen and oxygen atoms in total. The van der Waals surface area contributed by atoms with Crippen molar-refractivity contribution >= 4 is 27.8 Å². The first-order chi connectivity index (χ1) is 15.9. The molecule has 13 heteroatoms. The van der Waals surface area contributed by atoms with E-state index in [1.54, 1.807) is 0 Å². The number of amides is 2. The van der Waals surface area contributed by atoms with Crippen LogP contribution in [-0.2, 0) is 19.6 Å². The third-order valence-corrected chi connectivity index (χ3v) is 6.36. The monoisotopic (exact) mass is 499 g/mol. The summed E-state index contributed by atoms with van der Waals surface area (Å²) >= 11 is 0. The molecular weight excluding hydrogens is 479 g/mol. The molecule has 2 atom stereocenters. The number of carbonyl (C=O) groups excluding carboxylic acids is 2. The van der Waals surface area contributed by atoms with E-state index in [1.807, 2.05) is 0 Å². The fourth-order valence-electron chi connectivity index (χ4n) is 3.65. The summed E-state index contributed by atoms with van der Waals surface area (Å²) in [6.45, 7) is -0.539. The van der Waals surface area contributed by atoms with Gasteiger partial charge in [-0.3, -0.25) is 14.4 Å². The molecule has 3 rings (SSSR count). The van der Waals surface area contributed by atoms with Crippen molar-refractivity contribution in [2.75, 3.05) is 19.3 Å². The first-order valence-electron chi connectivity index (χ1n) is 9.88. The predicted octanol–water partition coefficient (Wildman–Crippen LogP) is 1.48. The summed E-state index contributed by atoms with van der Waals surface area (Å²) in [6, 6.07) is 5.48. The van der Waals surface area contributed by atoms with Gasteiger partial charge in [-0.15, -0.1) is 0 Å². The second-order valence-electron chi connectivity index (χ2n) is 7.61. The number of rotatable bonds is 7. The molecule has 1 heterocycles. The zero-order chi connectivity index (χ0) is 25.2. The number of sulfonamides is 1. The Morgan fingerprint density at radius 3 is 2.15 bits per heavy atom. The fraction of sp³-hybridized carbons (Fsp3) is 0.286. The molecule has 0 saturated carbocycles. The molecule has 0 aliphatic carbocycles. The zero-order valence-corrected chi connectivity index (χ0v) is 18.6. The van der Waals surface area contributed by atoms with Crippen LogP contribution in [0.1, 0.15) is 28.4 Å². The lowest BCUT2D eigenvalue weighted by molar-refractivity contribution is -0.138. The summed E-state index contributed by atoms with van der Waals surface area (Å²) in [5.74, 6) is -6.01. The van der Waals surface area contributed by atoms with Crippen molar-refractivity contribution in [3.8, 4) is 0 Å². The van der Waals surface area contributed by atoms with Crippen LogP contribution in [0.4, 0.5) is 13.2 Å². The number of carbonyl (C=O) groups is 3. The van der Waals surface area contributed by atoms with E-state index in [4.69, 9.17) is 0 Å². The number of hydrogen-bond acceptors (Lipinski definition) is 5. The lowest BCUT2D eigenvalue weighted by atomic mass is 10.0. The predicted molar refractivity (Wildman–Crippen MR) is 112 cm³/mol. The summed E-state index contributed by atoms with van der Waals surface area (Å²) in [6.07, 6.45) is -1.55. The van der Waals surface area contributed by atoms with E-state index < -0.39 is 69.5 Å². The smallest absolute Gasteiger partial charge is 0.305 e. The van der Waals surface area contributed by atoms with Gasteiger partial charge in [0.1, 0.15) is 17.5 Å². The minimum absolute atomic E-state index is 0.228. The average Bonchev–Trinajstić information content (AvgIpc) is 3.18. The van der Waals surface area contributed by atoms with Crippen molar-refractivity contribution in [3.05, 3.63) is 71.0 Å². The number of carboxylic acid groups (broad SMARTS) is 1. The Hall–Kier alpha value is -3.45. The van der Waals surface area contributed by atoms with E-state index in [0.717, 1.165) is 39.7 Å². The van der Waals surface area contributed by atoms with Crippen LogP contribution < -0.4 is 5.32 Å². The molecule has 0 spiro atoms. The molecule has 0 aromatic heterocycles. The summed E-state index contributed by atoms with van der Waals surface area (Å²) in [4.78, 5) is 38.3. The number of nitrogens with one attached hydrogen (secondary N) is 1. The summed E-state index contributed by atoms with van der Waals surface area (Å²) in [5, 5.41) is 11.6. The van der Waals surface area contributed by atoms with E-state index in [9.17, 15) is 41.1 Å². The van der Waals surface area contributed by atoms with Gasteiger partial charge < -0.3 is 15.3 Å². The zero-order valence-electron chi connectivity index (χ0n) is 17.7. The Balaban J connectivity index is 1.95. The molecular formula is C21H20F3N3O6S. The molecule has 1 saturated heterocycles. The van der Waals surface area contributed by atoms with Crippen LogP contribution in [0.25, 0.3) is 0 Å². The van der Waals surface area contributed by atoms with Gasteiger partial charge in [-0.1, -0.05) is 12.1 Å². The van der Waals surface area contributed by atoms with Crippen molar-refractivity contribution in [1.82, 2.24) is 14.5 Å². The normalized spacial score (nSPS) is 17.4. The minimum Gasteiger partial charge on any atom is -0.481 e. The highest BCUT2D eigenvalue weighted by molar-refractivity contribution is 7.88. The number of benzene rings is 2. The summed E-state index contributed by atoms with van der Waals surface area (Å²) in [5.41, 5.74) is -0.211. The van der Waals surface area contributed by atoms with E-state index >= 15 is 0 Å². The van der Waals surface area contributed by atoms with E-state index in [-0.39, 0.29) is 18.7 Å². The lowest BCUT2D eigenvalue weighted by Gasteiger charge is -2.29. The van der Waals surface area contributed by atoms with Crippen molar-refractivity contribution in [1.29, 1.82) is 0 Å². The highest BCUT2D eigenvalue weighted by Crippen LogP contribution is 2.24. The third-order valence-electron chi connectivity index (χ3n) is 5.13. The van der Waals surface area contributed by atoms with Gasteiger partial charge in [0.15, 0.2) is 6.17 Å². The van der Waals surface area contributed by atoms with E-state index in [1.165, 1.54) is 12.1 Å². The molecule has 2 N–H and O–H groups in total. The second kappa shape index (κ2) is 9.81. The Kier molecular flexibility index (Phi) is 7.26. The van der Waals surface area contributed by atoms with Gasteiger partial charge in [0.2, 0.25) is 10.0 Å². The van der Waals surface area contributed by atoms with Gasteiger partial charge in [0.05, 0.1) is 18.7 Å². The van der Waals surface area contributed by atoms with Crippen molar-refractivity contribution in [3.63, 3.8) is 0 Å². The van der Waals surface area contributed by atoms with E-state index in [2.05, 4.69) is 5.32 Å². The third kappa shape index (κ3) is 5.72. The van der Waals surface area contributed by atoms with Gasteiger partial charge in [-0.2, -0.15) is 4.31 Å². The molecule has 2 amide bonds. The van der Waals surface area contributed by atoms with Crippen LogP contribution >= 0.6 is 0 Å². The highest BCUT2D eigenvalue weighted by atomic mass is 32.2. The van der Waals surface area contributed by atoms with Gasteiger partial charge in [0, 0.05) is 24.7 Å². The Morgan fingerprint density at radius 1 is 1.03 bits per heavy atom. The molecule has 1 aliphatic rings. The number of aliphatic carboxylic acids is 1. The molecule has 0 bridgehead atoms. The van der Waals surface area contributed by atoms with Crippen LogP contribution in [0.3, 0.4) is 0 Å². The maximum absolute atomic E-state index is 13.6. The largest absolute Gasteiger partial charge is 0.481 e. The molecule has 34 heavy (non-hydrogen) atoms. The number of halogens is 3. The van der Waals surface area contributed by atoms with Gasteiger partial charge >= 0.3 is 5.97 Å². The summed E-state index contributed by atoms with van der Waals surface area (Å²) in [7, 11) is -4.03. The van der Waals surface area contributed by atoms with Crippen molar-refractivity contribution < 1.29 is 41.1 Å². The first-order valence-corrected chi connectivity index (χ1v) is 11.7. The topological polar surface area (TPSA) is 124 Å². The van der Waals surface area contributed by atoms with Crippen LogP contribution in [0.5, 0.6) is 0 Å². The van der Waals surface area contributed by atoms with Gasteiger partial charge in [-0.05, 0) is 29.8 Å². The Labute approximate surface area is 192 Å². The quantitative estimate of drug-likeness (QED) is 0.595. The van der Waals surface area contributed by atoms with Gasteiger partial charge in [0.25, 0.3) is 11.8 Å². The SMILES string of the molecule is CS(=O)(=O)N1CCN(C(=O)c2cc(F)cc(F)c2)C1C(=O)NC(CC(=O)O)c1ccc(F)cc1. The van der Waals surface area contributed by atoms with Crippen LogP contribution in [0.2, 0.25) is 0 Å². The number of nitrogens with zero attached hydrogens (tertiary/aromatic N) is 2. The standard InChI is InChI=1S/C21H20F3N3O6S/c1-34(32,33)27-7-6-26(21(31)13-8-15(23)10-16(24)9-13)20(27)19(30)25-17(11-18(28)29)12-2-4-14(22)5-3-12/h2-5,8-10,17,20H,6-7,11H2,1H3,(H,25,30)(H,28,29). The molecule has 1 aliphatic heterocycles. The number of carboxylic acids is 1. The van der Waals surface area contributed by atoms with Crippen LogP contribution in [0.15, 0.2) is 42.5 Å². The molecule has 0 radical (unpaired) electrons.